The van der Waals surface area contributed by atoms with E-state index in [-0.39, 0.29) is 19.0 Å². The molecule has 0 radical (unpaired) electrons. The minimum absolute atomic E-state index is 0.0597. The summed E-state index contributed by atoms with van der Waals surface area (Å²) in [4.78, 5) is 35.8. The zero-order valence-electron chi connectivity index (χ0n) is 18.0. The highest BCUT2D eigenvalue weighted by Crippen LogP contribution is 2.33. The molecule has 166 valence electrons. The number of benzene rings is 2. The van der Waals surface area contributed by atoms with Crippen LogP contribution in [0.1, 0.15) is 24.0 Å². The summed E-state index contributed by atoms with van der Waals surface area (Å²) in [5.41, 5.74) is 2.72. The molecule has 1 aliphatic rings. The number of allylic oxidation sites excluding steroid dienone is 2. The molecule has 1 aliphatic carbocycles. The van der Waals surface area contributed by atoms with Crippen LogP contribution in [-0.4, -0.2) is 45.2 Å². The molecule has 1 fully saturated rings. The molecule has 0 amide bonds. The topological polar surface area (TPSA) is 88.1 Å². The lowest BCUT2D eigenvalue weighted by Gasteiger charge is -2.09. The highest BCUT2D eigenvalue weighted by Gasteiger charge is 2.24. The van der Waals surface area contributed by atoms with Crippen molar-refractivity contribution in [1.29, 1.82) is 0 Å². The Hall–Kier alpha value is -3.87. The molecule has 3 rings (SSSR count). The van der Waals surface area contributed by atoms with Crippen molar-refractivity contribution < 1.29 is 33.3 Å². The van der Waals surface area contributed by atoms with E-state index in [2.05, 4.69) is 9.47 Å². The van der Waals surface area contributed by atoms with Gasteiger partial charge in [-0.25, -0.2) is 9.59 Å². The van der Waals surface area contributed by atoms with E-state index in [1.165, 1.54) is 14.2 Å². The van der Waals surface area contributed by atoms with E-state index in [1.54, 1.807) is 36.4 Å². The zero-order chi connectivity index (χ0) is 22.9. The molecule has 0 spiro atoms. The summed E-state index contributed by atoms with van der Waals surface area (Å²) in [6, 6.07) is 14.4. The molecule has 2 aromatic carbocycles. The van der Waals surface area contributed by atoms with Gasteiger partial charge in [0, 0.05) is 22.3 Å². The van der Waals surface area contributed by atoms with Crippen molar-refractivity contribution >= 4 is 29.9 Å². The van der Waals surface area contributed by atoms with Gasteiger partial charge in [0.15, 0.2) is 19.0 Å². The Kier molecular flexibility index (Phi) is 7.80. The molecule has 0 aliphatic heterocycles. The fourth-order valence-corrected chi connectivity index (χ4v) is 3.21. The lowest BCUT2D eigenvalue weighted by Crippen LogP contribution is -2.13. The van der Waals surface area contributed by atoms with Crippen LogP contribution in [0, 0.1) is 0 Å². The van der Waals surface area contributed by atoms with Crippen molar-refractivity contribution in [2.45, 2.75) is 12.8 Å². The van der Waals surface area contributed by atoms with Crippen LogP contribution in [-0.2, 0) is 23.9 Å². The monoisotopic (exact) mass is 436 g/mol. The Morgan fingerprint density at radius 1 is 0.750 bits per heavy atom. The van der Waals surface area contributed by atoms with Gasteiger partial charge in [-0.3, -0.25) is 4.79 Å². The first-order valence-corrected chi connectivity index (χ1v) is 10.0. The summed E-state index contributed by atoms with van der Waals surface area (Å²) >= 11 is 0. The van der Waals surface area contributed by atoms with Crippen molar-refractivity contribution in [3.05, 3.63) is 70.8 Å². The van der Waals surface area contributed by atoms with Crippen LogP contribution in [0.3, 0.4) is 0 Å². The average molecular weight is 436 g/mol. The van der Waals surface area contributed by atoms with Crippen molar-refractivity contribution in [1.82, 2.24) is 0 Å². The first kappa shape index (κ1) is 22.8. The zero-order valence-corrected chi connectivity index (χ0v) is 18.0. The number of carbonyl (C=O) groups is 3. The number of hydrogen-bond donors (Lipinski definition) is 0. The molecular formula is C25H24O7. The Labute approximate surface area is 186 Å². The number of ether oxygens (including phenoxy) is 4. The normalized spacial score (nSPS) is 15.6. The fourth-order valence-electron chi connectivity index (χ4n) is 3.21. The highest BCUT2D eigenvalue weighted by atomic mass is 16.6. The van der Waals surface area contributed by atoms with Gasteiger partial charge >= 0.3 is 11.9 Å². The predicted octanol–water partition coefficient (Wildman–Crippen LogP) is 3.62. The number of para-hydroxylation sites is 2. The van der Waals surface area contributed by atoms with E-state index < -0.39 is 11.9 Å². The SMILES string of the molecule is COC(=O)COc1ccccc1/C=C1\CC/C(=C\c2ccccc2OCC(=O)OC)C1=O. The molecule has 1 saturated carbocycles. The summed E-state index contributed by atoms with van der Waals surface area (Å²) in [7, 11) is 2.59. The van der Waals surface area contributed by atoms with Gasteiger partial charge < -0.3 is 18.9 Å². The summed E-state index contributed by atoms with van der Waals surface area (Å²) in [6.07, 6.45) is 4.74. The van der Waals surface area contributed by atoms with Crippen LogP contribution >= 0.6 is 0 Å². The van der Waals surface area contributed by atoms with E-state index in [0.29, 0.717) is 46.6 Å². The second kappa shape index (κ2) is 10.9. The van der Waals surface area contributed by atoms with Crippen LogP contribution in [0.4, 0.5) is 0 Å². The van der Waals surface area contributed by atoms with Gasteiger partial charge in [0.2, 0.25) is 0 Å². The van der Waals surface area contributed by atoms with Crippen LogP contribution in [0.2, 0.25) is 0 Å². The van der Waals surface area contributed by atoms with E-state index in [4.69, 9.17) is 9.47 Å². The number of ketones is 1. The molecule has 32 heavy (non-hydrogen) atoms. The van der Waals surface area contributed by atoms with E-state index >= 15 is 0 Å². The fraction of sp³-hybridized carbons (Fsp3) is 0.240. The average Bonchev–Trinajstić information content (AvgIpc) is 3.16. The van der Waals surface area contributed by atoms with Gasteiger partial charge in [-0.05, 0) is 37.1 Å². The predicted molar refractivity (Wildman–Crippen MR) is 118 cm³/mol. The molecule has 0 saturated heterocycles. The Bertz CT molecular complexity index is 982. The van der Waals surface area contributed by atoms with Crippen molar-refractivity contribution in [2.75, 3.05) is 27.4 Å². The van der Waals surface area contributed by atoms with E-state index in [1.807, 2.05) is 24.3 Å². The molecule has 0 atom stereocenters. The Morgan fingerprint density at radius 2 is 1.16 bits per heavy atom. The van der Waals surface area contributed by atoms with Crippen molar-refractivity contribution in [3.63, 3.8) is 0 Å². The van der Waals surface area contributed by atoms with Gasteiger partial charge in [0.1, 0.15) is 11.5 Å². The molecule has 0 heterocycles. The quantitative estimate of drug-likeness (QED) is 0.461. The lowest BCUT2D eigenvalue weighted by atomic mass is 10.1. The maximum atomic E-state index is 13.0. The molecule has 0 aromatic heterocycles. The first-order chi connectivity index (χ1) is 15.5. The van der Waals surface area contributed by atoms with Crippen molar-refractivity contribution in [2.24, 2.45) is 0 Å². The van der Waals surface area contributed by atoms with Gasteiger partial charge in [0.25, 0.3) is 0 Å². The van der Waals surface area contributed by atoms with Crippen LogP contribution in [0.15, 0.2) is 59.7 Å². The molecule has 0 bridgehead atoms. The lowest BCUT2D eigenvalue weighted by molar-refractivity contribution is -0.143. The van der Waals surface area contributed by atoms with Gasteiger partial charge in [-0.2, -0.15) is 0 Å². The third kappa shape index (κ3) is 5.85. The van der Waals surface area contributed by atoms with Crippen LogP contribution in [0.5, 0.6) is 11.5 Å². The largest absolute Gasteiger partial charge is 0.481 e. The van der Waals surface area contributed by atoms with E-state index in [9.17, 15) is 14.4 Å². The summed E-state index contributed by atoms with van der Waals surface area (Å²) < 4.78 is 20.3. The molecule has 2 aromatic rings. The minimum Gasteiger partial charge on any atom is -0.481 e. The highest BCUT2D eigenvalue weighted by molar-refractivity contribution is 6.15. The van der Waals surface area contributed by atoms with Gasteiger partial charge in [-0.1, -0.05) is 36.4 Å². The van der Waals surface area contributed by atoms with E-state index in [0.717, 1.165) is 0 Å². The third-order valence-electron chi connectivity index (χ3n) is 4.89. The maximum absolute atomic E-state index is 13.0. The summed E-state index contributed by atoms with van der Waals surface area (Å²) in [6.45, 7) is -0.420. The molecule has 7 nitrogen and oxygen atoms in total. The van der Waals surface area contributed by atoms with Crippen molar-refractivity contribution in [3.8, 4) is 11.5 Å². The maximum Gasteiger partial charge on any atom is 0.343 e. The molecular weight excluding hydrogens is 412 g/mol. The number of esters is 2. The smallest absolute Gasteiger partial charge is 0.343 e. The Balaban J connectivity index is 1.79. The minimum atomic E-state index is -0.484. The summed E-state index contributed by atoms with van der Waals surface area (Å²) in [5.74, 6) is -0.0321. The third-order valence-corrected chi connectivity index (χ3v) is 4.89. The second-order valence-electron chi connectivity index (χ2n) is 6.97. The number of rotatable bonds is 8. The number of hydrogen-bond acceptors (Lipinski definition) is 7. The first-order valence-electron chi connectivity index (χ1n) is 10.0. The Morgan fingerprint density at radius 3 is 1.56 bits per heavy atom. The molecule has 0 unspecified atom stereocenters. The molecule has 7 heteroatoms. The van der Waals surface area contributed by atoms with Crippen LogP contribution < -0.4 is 9.47 Å². The van der Waals surface area contributed by atoms with Crippen LogP contribution in [0.25, 0.3) is 12.2 Å². The molecule has 0 N–H and O–H groups in total. The second-order valence-corrected chi connectivity index (χ2v) is 6.97. The standard InChI is InChI=1S/C25H24O7/c1-29-23(26)15-31-21-9-5-3-7-17(21)13-19-11-12-20(25(19)28)14-18-8-4-6-10-22(18)32-16-24(27)30-2/h3-10,13-14H,11-12,15-16H2,1-2H3/b19-13+,20-14+. The number of carbonyl (C=O) groups excluding carboxylic acids is 3. The number of methoxy groups -OCH3 is 2. The van der Waals surface area contributed by atoms with Gasteiger partial charge in [0.05, 0.1) is 14.2 Å². The number of Topliss-reactive ketones (excluding diaryl/α,β-unsaturated/α-hetero) is 1. The summed E-state index contributed by atoms with van der Waals surface area (Å²) in [5, 5.41) is 0. The van der Waals surface area contributed by atoms with Gasteiger partial charge in [-0.15, -0.1) is 0 Å².